The lowest BCUT2D eigenvalue weighted by Gasteiger charge is -2.21. The van der Waals surface area contributed by atoms with E-state index in [1.165, 1.54) is 16.5 Å². The minimum absolute atomic E-state index is 0.135. The van der Waals surface area contributed by atoms with Crippen molar-refractivity contribution in [2.45, 2.75) is 45.8 Å². The lowest BCUT2D eigenvalue weighted by molar-refractivity contribution is 0.190. The number of rotatable bonds is 6. The monoisotopic (exact) mass is 274 g/mol. The van der Waals surface area contributed by atoms with E-state index in [0.717, 1.165) is 26.1 Å². The fraction of sp³-hybridized carbons (Fsp3) is 0.529. The van der Waals surface area contributed by atoms with E-state index in [-0.39, 0.29) is 5.54 Å². The van der Waals surface area contributed by atoms with Crippen LogP contribution in [0.15, 0.2) is 30.5 Å². The first-order valence-electron chi connectivity index (χ1n) is 7.32. The fourth-order valence-corrected chi connectivity index (χ4v) is 2.41. The van der Waals surface area contributed by atoms with E-state index in [1.54, 1.807) is 7.11 Å². The van der Waals surface area contributed by atoms with Crippen molar-refractivity contribution < 1.29 is 4.74 Å². The summed E-state index contributed by atoms with van der Waals surface area (Å²) in [5, 5.41) is 4.89. The number of benzene rings is 1. The summed E-state index contributed by atoms with van der Waals surface area (Å²) in [7, 11) is 1.76. The third-order valence-corrected chi connectivity index (χ3v) is 3.43. The molecule has 0 saturated carbocycles. The van der Waals surface area contributed by atoms with Crippen LogP contribution in [0.3, 0.4) is 0 Å². The number of ether oxygens (including phenoxy) is 1. The van der Waals surface area contributed by atoms with Gasteiger partial charge in [-0.1, -0.05) is 18.2 Å². The van der Waals surface area contributed by atoms with Gasteiger partial charge in [0.25, 0.3) is 0 Å². The fourth-order valence-electron chi connectivity index (χ4n) is 2.41. The van der Waals surface area contributed by atoms with Gasteiger partial charge in [-0.15, -0.1) is 0 Å². The van der Waals surface area contributed by atoms with Crippen LogP contribution in [0, 0.1) is 0 Å². The van der Waals surface area contributed by atoms with Crippen molar-refractivity contribution in [3.8, 4) is 0 Å². The van der Waals surface area contributed by atoms with Crippen molar-refractivity contribution in [2.75, 3.05) is 13.7 Å². The molecule has 3 heteroatoms. The number of hydrogen-bond donors (Lipinski definition) is 1. The summed E-state index contributed by atoms with van der Waals surface area (Å²) in [6.45, 7) is 9.31. The molecule has 2 rings (SSSR count). The number of aryl methyl sites for hydroxylation is 1. The van der Waals surface area contributed by atoms with Gasteiger partial charge in [-0.3, -0.25) is 0 Å². The molecule has 0 aliphatic heterocycles. The van der Waals surface area contributed by atoms with Crippen LogP contribution in [-0.4, -0.2) is 23.8 Å². The average molecular weight is 274 g/mol. The van der Waals surface area contributed by atoms with Gasteiger partial charge in [-0.25, -0.2) is 0 Å². The molecule has 3 nitrogen and oxygen atoms in total. The van der Waals surface area contributed by atoms with Gasteiger partial charge in [-0.2, -0.15) is 0 Å². The predicted octanol–water partition coefficient (Wildman–Crippen LogP) is 3.57. The Morgan fingerprint density at radius 3 is 2.70 bits per heavy atom. The number of para-hydroxylation sites is 1. The molecule has 1 N–H and O–H groups in total. The Bertz CT molecular complexity index is 552. The molecule has 20 heavy (non-hydrogen) atoms. The topological polar surface area (TPSA) is 26.2 Å². The molecule has 0 amide bonds. The predicted molar refractivity (Wildman–Crippen MR) is 85.0 cm³/mol. The van der Waals surface area contributed by atoms with Gasteiger partial charge in [-0.05, 0) is 44.2 Å². The van der Waals surface area contributed by atoms with Crippen LogP contribution in [0.5, 0.6) is 0 Å². The Balaban J connectivity index is 2.22. The van der Waals surface area contributed by atoms with Gasteiger partial charge in [0.05, 0.1) is 5.52 Å². The van der Waals surface area contributed by atoms with Crippen molar-refractivity contribution >= 4 is 10.9 Å². The van der Waals surface area contributed by atoms with Gasteiger partial charge in [0.15, 0.2) is 0 Å². The Labute approximate surface area is 121 Å². The Morgan fingerprint density at radius 2 is 2.00 bits per heavy atom. The third-order valence-electron chi connectivity index (χ3n) is 3.43. The maximum absolute atomic E-state index is 5.15. The maximum atomic E-state index is 5.15. The molecule has 110 valence electrons. The lowest BCUT2D eigenvalue weighted by atomic mass is 10.1. The van der Waals surface area contributed by atoms with E-state index in [2.05, 4.69) is 61.1 Å². The molecule has 0 unspecified atom stereocenters. The molecule has 0 bridgehead atoms. The first kappa shape index (κ1) is 15.1. The molecule has 1 aromatic heterocycles. The minimum Gasteiger partial charge on any atom is -0.385 e. The van der Waals surface area contributed by atoms with Crippen LogP contribution in [0.25, 0.3) is 10.9 Å². The SMILES string of the molecule is COCCCn1ccc2cccc(CNC(C)(C)C)c21. The molecule has 0 fully saturated rings. The zero-order chi connectivity index (χ0) is 14.6. The number of nitrogens with zero attached hydrogens (tertiary/aromatic N) is 1. The van der Waals surface area contributed by atoms with Crippen LogP contribution in [0.2, 0.25) is 0 Å². The van der Waals surface area contributed by atoms with Crippen molar-refractivity contribution in [1.82, 2.24) is 9.88 Å². The van der Waals surface area contributed by atoms with Gasteiger partial charge in [0.2, 0.25) is 0 Å². The van der Waals surface area contributed by atoms with Crippen LogP contribution in [-0.2, 0) is 17.8 Å². The standard InChI is InChI=1S/C17H26N2O/c1-17(2,3)18-13-15-8-5-7-14-9-11-19(16(14)15)10-6-12-20-4/h5,7-9,11,18H,6,10,12-13H2,1-4H3. The molecule has 0 radical (unpaired) electrons. The van der Waals surface area contributed by atoms with Crippen LogP contribution in [0.1, 0.15) is 32.8 Å². The normalized spacial score (nSPS) is 12.2. The van der Waals surface area contributed by atoms with Gasteiger partial charge in [0, 0.05) is 38.5 Å². The van der Waals surface area contributed by atoms with Crippen molar-refractivity contribution in [1.29, 1.82) is 0 Å². The van der Waals surface area contributed by atoms with Crippen LogP contribution in [0.4, 0.5) is 0 Å². The molecule has 0 atom stereocenters. The Kier molecular flexibility index (Phi) is 4.84. The van der Waals surface area contributed by atoms with E-state index in [9.17, 15) is 0 Å². The summed E-state index contributed by atoms with van der Waals surface area (Å²) >= 11 is 0. The second-order valence-corrected chi connectivity index (χ2v) is 6.31. The highest BCUT2D eigenvalue weighted by Crippen LogP contribution is 2.21. The molecule has 0 aliphatic rings. The van der Waals surface area contributed by atoms with Crippen molar-refractivity contribution in [2.24, 2.45) is 0 Å². The number of aromatic nitrogens is 1. The van der Waals surface area contributed by atoms with E-state index in [1.807, 2.05) is 0 Å². The van der Waals surface area contributed by atoms with E-state index >= 15 is 0 Å². The quantitative estimate of drug-likeness (QED) is 0.815. The highest BCUT2D eigenvalue weighted by molar-refractivity contribution is 5.83. The second kappa shape index (κ2) is 6.42. The smallest absolute Gasteiger partial charge is 0.0525 e. The summed E-state index contributed by atoms with van der Waals surface area (Å²) in [6.07, 6.45) is 3.22. The summed E-state index contributed by atoms with van der Waals surface area (Å²) in [5.41, 5.74) is 2.84. The van der Waals surface area contributed by atoms with E-state index in [4.69, 9.17) is 4.74 Å². The minimum atomic E-state index is 0.135. The number of methoxy groups -OCH3 is 1. The second-order valence-electron chi connectivity index (χ2n) is 6.31. The molecular formula is C17H26N2O. The van der Waals surface area contributed by atoms with Crippen LogP contribution < -0.4 is 5.32 Å². The molecule has 0 saturated heterocycles. The summed E-state index contributed by atoms with van der Waals surface area (Å²) in [4.78, 5) is 0. The average Bonchev–Trinajstić information content (AvgIpc) is 2.80. The summed E-state index contributed by atoms with van der Waals surface area (Å²) < 4.78 is 7.49. The number of hydrogen-bond acceptors (Lipinski definition) is 2. The highest BCUT2D eigenvalue weighted by atomic mass is 16.5. The summed E-state index contributed by atoms with van der Waals surface area (Å²) in [6, 6.07) is 8.74. The molecule has 1 aromatic carbocycles. The zero-order valence-corrected chi connectivity index (χ0v) is 13.1. The van der Waals surface area contributed by atoms with Crippen molar-refractivity contribution in [3.05, 3.63) is 36.0 Å². The van der Waals surface area contributed by atoms with Crippen LogP contribution >= 0.6 is 0 Å². The van der Waals surface area contributed by atoms with E-state index < -0.39 is 0 Å². The third kappa shape index (κ3) is 3.84. The highest BCUT2D eigenvalue weighted by Gasteiger charge is 2.11. The molecule has 2 aromatic rings. The van der Waals surface area contributed by atoms with Crippen molar-refractivity contribution in [3.63, 3.8) is 0 Å². The Morgan fingerprint density at radius 1 is 1.20 bits per heavy atom. The molecule has 1 heterocycles. The van der Waals surface area contributed by atoms with E-state index in [0.29, 0.717) is 0 Å². The Hall–Kier alpha value is -1.32. The molecular weight excluding hydrogens is 248 g/mol. The maximum Gasteiger partial charge on any atom is 0.0525 e. The summed E-state index contributed by atoms with van der Waals surface area (Å²) in [5.74, 6) is 0. The first-order valence-corrected chi connectivity index (χ1v) is 7.32. The molecule has 0 spiro atoms. The lowest BCUT2D eigenvalue weighted by Crippen LogP contribution is -2.35. The van der Waals surface area contributed by atoms with Gasteiger partial charge in [0.1, 0.15) is 0 Å². The number of nitrogens with one attached hydrogen (secondary N) is 1. The molecule has 0 aliphatic carbocycles. The first-order chi connectivity index (χ1) is 9.51. The zero-order valence-electron chi connectivity index (χ0n) is 13.1. The van der Waals surface area contributed by atoms with Gasteiger partial charge < -0.3 is 14.6 Å². The largest absolute Gasteiger partial charge is 0.385 e. The number of fused-ring (bicyclic) bond motifs is 1. The van der Waals surface area contributed by atoms with Gasteiger partial charge >= 0.3 is 0 Å².